The molecule has 0 spiro atoms. The third-order valence-corrected chi connectivity index (χ3v) is 12.9. The number of para-hydroxylation sites is 2. The van der Waals surface area contributed by atoms with E-state index in [4.69, 9.17) is 0 Å². The fourth-order valence-corrected chi connectivity index (χ4v) is 10.2. The van der Waals surface area contributed by atoms with Gasteiger partial charge in [0, 0.05) is 32.6 Å². The van der Waals surface area contributed by atoms with Gasteiger partial charge in [-0.05, 0) is 121 Å². The van der Waals surface area contributed by atoms with Crippen molar-refractivity contribution in [2.75, 3.05) is 0 Å². The van der Waals surface area contributed by atoms with Gasteiger partial charge < -0.3 is 9.13 Å². The monoisotopic (exact) mass is 760 g/mol. The number of nitrogens with zero attached hydrogens (tertiary/aromatic N) is 2. The van der Waals surface area contributed by atoms with E-state index < -0.39 is 0 Å². The van der Waals surface area contributed by atoms with E-state index in [9.17, 15) is 0 Å². The summed E-state index contributed by atoms with van der Waals surface area (Å²) >= 11 is 0. The van der Waals surface area contributed by atoms with E-state index in [0.29, 0.717) is 0 Å². The molecule has 60 heavy (non-hydrogen) atoms. The van der Waals surface area contributed by atoms with Crippen molar-refractivity contribution in [1.82, 2.24) is 9.13 Å². The maximum Gasteiger partial charge on any atom is 0.0541 e. The van der Waals surface area contributed by atoms with Crippen LogP contribution in [0.15, 0.2) is 218 Å². The predicted molar refractivity (Wildman–Crippen MR) is 256 cm³/mol. The Bertz CT molecular complexity index is 3890. The fraction of sp³-hybridized carbons (Fsp3) is 0. The van der Waals surface area contributed by atoms with Gasteiger partial charge in [-0.2, -0.15) is 0 Å². The highest BCUT2D eigenvalue weighted by molar-refractivity contribution is 6.21. The zero-order valence-corrected chi connectivity index (χ0v) is 32.7. The number of hydrogen-bond donors (Lipinski definition) is 0. The number of rotatable bonds is 4. The van der Waals surface area contributed by atoms with E-state index >= 15 is 0 Å². The molecule has 0 fully saturated rings. The SMILES string of the molecule is c1cc(-c2cc3c4ccccc4ccc3c3ccccc23)cc(-n2c3ccccc3c3cc(-c4ccc5c(c4)c4ccccc4n5-c4cccc5ccccc45)ccc32)c1. The van der Waals surface area contributed by atoms with Crippen molar-refractivity contribution in [1.29, 1.82) is 0 Å². The Hall–Kier alpha value is -7.94. The van der Waals surface area contributed by atoms with Crippen LogP contribution in [0.3, 0.4) is 0 Å². The third kappa shape index (κ3) is 4.82. The first-order valence-corrected chi connectivity index (χ1v) is 20.8. The Kier molecular flexibility index (Phi) is 7.05. The second-order valence-corrected chi connectivity index (χ2v) is 16.1. The maximum atomic E-state index is 2.44. The highest BCUT2D eigenvalue weighted by Gasteiger charge is 2.18. The van der Waals surface area contributed by atoms with Gasteiger partial charge in [0.2, 0.25) is 0 Å². The second kappa shape index (κ2) is 12.8. The van der Waals surface area contributed by atoms with Gasteiger partial charge in [0.1, 0.15) is 0 Å². The lowest BCUT2D eigenvalue weighted by atomic mass is 9.91. The Morgan fingerprint density at radius 1 is 0.233 bits per heavy atom. The molecule has 0 atom stereocenters. The molecule has 0 aliphatic heterocycles. The van der Waals surface area contributed by atoms with Gasteiger partial charge in [-0.15, -0.1) is 0 Å². The van der Waals surface area contributed by atoms with Crippen LogP contribution < -0.4 is 0 Å². The average Bonchev–Trinajstić information content (AvgIpc) is 3.83. The van der Waals surface area contributed by atoms with Crippen molar-refractivity contribution in [3.8, 4) is 33.6 Å². The van der Waals surface area contributed by atoms with Crippen LogP contribution in [-0.4, -0.2) is 9.13 Å². The highest BCUT2D eigenvalue weighted by Crippen LogP contribution is 2.42. The van der Waals surface area contributed by atoms with Crippen molar-refractivity contribution in [3.05, 3.63) is 218 Å². The largest absolute Gasteiger partial charge is 0.309 e. The maximum absolute atomic E-state index is 2.44. The summed E-state index contributed by atoms with van der Waals surface area (Å²) in [7, 11) is 0. The minimum absolute atomic E-state index is 1.15. The lowest BCUT2D eigenvalue weighted by molar-refractivity contribution is 1.18. The quantitative estimate of drug-likeness (QED) is 0.158. The van der Waals surface area contributed by atoms with Crippen molar-refractivity contribution >= 4 is 86.7 Å². The fourth-order valence-electron chi connectivity index (χ4n) is 10.2. The molecular formula is C58H36N2. The molecule has 0 unspecified atom stereocenters. The normalized spacial score (nSPS) is 12.0. The zero-order chi connectivity index (χ0) is 39.3. The number of benzene rings is 11. The highest BCUT2D eigenvalue weighted by atomic mass is 15.0. The van der Waals surface area contributed by atoms with Crippen LogP contribution in [0.25, 0.3) is 120 Å². The first-order valence-electron chi connectivity index (χ1n) is 20.8. The Morgan fingerprint density at radius 3 is 1.48 bits per heavy atom. The molecule has 0 N–H and O–H groups in total. The predicted octanol–water partition coefficient (Wildman–Crippen LogP) is 15.8. The molecule has 0 saturated carbocycles. The Labute approximate surface area is 346 Å². The van der Waals surface area contributed by atoms with Crippen molar-refractivity contribution < 1.29 is 0 Å². The zero-order valence-electron chi connectivity index (χ0n) is 32.7. The summed E-state index contributed by atoms with van der Waals surface area (Å²) in [5.41, 5.74) is 12.0. The first-order chi connectivity index (χ1) is 29.8. The van der Waals surface area contributed by atoms with Gasteiger partial charge in [-0.3, -0.25) is 0 Å². The number of hydrogen-bond acceptors (Lipinski definition) is 0. The van der Waals surface area contributed by atoms with Crippen LogP contribution in [-0.2, 0) is 0 Å². The first kappa shape index (κ1) is 33.1. The molecule has 2 heterocycles. The van der Waals surface area contributed by atoms with Crippen molar-refractivity contribution in [2.24, 2.45) is 0 Å². The molecule has 0 bridgehead atoms. The Balaban J connectivity index is 0.976. The average molecular weight is 761 g/mol. The second-order valence-electron chi connectivity index (χ2n) is 16.1. The van der Waals surface area contributed by atoms with E-state index in [1.807, 2.05) is 0 Å². The van der Waals surface area contributed by atoms with Crippen LogP contribution in [0, 0.1) is 0 Å². The molecule has 0 radical (unpaired) electrons. The summed E-state index contributed by atoms with van der Waals surface area (Å²) < 4.78 is 4.88. The van der Waals surface area contributed by atoms with Crippen LogP contribution in [0.4, 0.5) is 0 Å². The molecular weight excluding hydrogens is 725 g/mol. The van der Waals surface area contributed by atoms with Gasteiger partial charge in [0.25, 0.3) is 0 Å². The summed E-state index contributed by atoms with van der Waals surface area (Å²) in [6.45, 7) is 0. The molecule has 13 aromatic rings. The summed E-state index contributed by atoms with van der Waals surface area (Å²) in [5, 5.41) is 15.2. The van der Waals surface area contributed by atoms with E-state index in [0.717, 1.165) is 5.69 Å². The molecule has 278 valence electrons. The molecule has 2 heteroatoms. The summed E-state index contributed by atoms with van der Waals surface area (Å²) in [4.78, 5) is 0. The van der Waals surface area contributed by atoms with Crippen LogP contribution >= 0.6 is 0 Å². The van der Waals surface area contributed by atoms with Crippen molar-refractivity contribution in [3.63, 3.8) is 0 Å². The van der Waals surface area contributed by atoms with Gasteiger partial charge in [-0.25, -0.2) is 0 Å². The Morgan fingerprint density at radius 2 is 0.750 bits per heavy atom. The molecule has 2 aromatic heterocycles. The third-order valence-electron chi connectivity index (χ3n) is 12.9. The summed E-state index contributed by atoms with van der Waals surface area (Å²) in [5.74, 6) is 0. The lowest BCUT2D eigenvalue weighted by Crippen LogP contribution is -1.95. The lowest BCUT2D eigenvalue weighted by Gasteiger charge is -2.15. The van der Waals surface area contributed by atoms with Crippen LogP contribution in [0.2, 0.25) is 0 Å². The molecule has 11 aromatic carbocycles. The van der Waals surface area contributed by atoms with Crippen LogP contribution in [0.5, 0.6) is 0 Å². The molecule has 0 aliphatic rings. The minimum atomic E-state index is 1.15. The van der Waals surface area contributed by atoms with Gasteiger partial charge >= 0.3 is 0 Å². The topological polar surface area (TPSA) is 9.86 Å². The standard InChI is InChI=1S/C58H36N2/c1-3-18-43-38(14-1)27-30-47-45-20-5-6-21-46(45)50(36-51(43)47)41-16-11-17-42(33-41)59-55-24-9-7-22-48(55)52-34-39(28-31-57(52)59)40-29-32-58-53(35-40)49-23-8-10-25-56(49)60(58)54-26-12-15-37-13-2-4-19-44(37)54/h1-36H. The molecule has 0 amide bonds. The van der Waals surface area contributed by atoms with E-state index in [1.165, 1.54) is 115 Å². The molecule has 0 aliphatic carbocycles. The number of fused-ring (bicyclic) bond motifs is 12. The van der Waals surface area contributed by atoms with Gasteiger partial charge in [0.05, 0.1) is 27.8 Å². The summed E-state index contributed by atoms with van der Waals surface area (Å²) in [6, 6.07) is 80.6. The smallest absolute Gasteiger partial charge is 0.0541 e. The molecule has 0 saturated heterocycles. The minimum Gasteiger partial charge on any atom is -0.309 e. The molecule has 13 rings (SSSR count). The van der Waals surface area contributed by atoms with Crippen molar-refractivity contribution in [2.45, 2.75) is 0 Å². The van der Waals surface area contributed by atoms with Gasteiger partial charge in [0.15, 0.2) is 0 Å². The van der Waals surface area contributed by atoms with Gasteiger partial charge in [-0.1, -0.05) is 158 Å². The van der Waals surface area contributed by atoms with Crippen LogP contribution in [0.1, 0.15) is 0 Å². The molecule has 2 nitrogen and oxygen atoms in total. The summed E-state index contributed by atoms with van der Waals surface area (Å²) in [6.07, 6.45) is 0. The van der Waals surface area contributed by atoms with E-state index in [2.05, 4.69) is 228 Å². The van der Waals surface area contributed by atoms with E-state index in [-0.39, 0.29) is 0 Å². The van der Waals surface area contributed by atoms with E-state index in [1.54, 1.807) is 0 Å². The number of aromatic nitrogens is 2.